The fourth-order valence-corrected chi connectivity index (χ4v) is 2.21. The Morgan fingerprint density at radius 2 is 2.04 bits per heavy atom. The largest absolute Gasteiger partial charge is 0.489 e. The van der Waals surface area contributed by atoms with Crippen molar-refractivity contribution in [1.29, 1.82) is 0 Å². The first-order chi connectivity index (χ1) is 11.8. The molecule has 0 saturated heterocycles. The molecular weight excluding hydrogens is 429 g/mol. The zero-order valence-electron chi connectivity index (χ0n) is 14.9. The van der Waals surface area contributed by atoms with Gasteiger partial charge in [0, 0.05) is 32.0 Å². The third-order valence-corrected chi connectivity index (χ3v) is 3.35. The molecule has 0 aliphatic rings. The van der Waals surface area contributed by atoms with E-state index in [1.54, 1.807) is 6.20 Å². The number of guanidine groups is 1. The summed E-state index contributed by atoms with van der Waals surface area (Å²) in [7, 11) is 0. The molecule has 0 fully saturated rings. The molecule has 1 atom stereocenters. The summed E-state index contributed by atoms with van der Waals surface area (Å²) in [5.74, 6) is 1.69. The van der Waals surface area contributed by atoms with Crippen molar-refractivity contribution >= 4 is 29.9 Å². The van der Waals surface area contributed by atoms with Crippen molar-refractivity contribution in [3.8, 4) is 5.75 Å². The minimum Gasteiger partial charge on any atom is -0.489 e. The average Bonchev–Trinajstić information content (AvgIpc) is 3.11. The molecule has 2 aromatic rings. The maximum atomic E-state index is 5.84. The number of nitrogens with zero attached hydrogens (tertiary/aromatic N) is 3. The molecular formula is C18H28IN5O. The molecule has 0 amide bonds. The van der Waals surface area contributed by atoms with E-state index in [-0.39, 0.29) is 30.1 Å². The fraction of sp³-hybridized carbons (Fsp3) is 0.444. The van der Waals surface area contributed by atoms with Gasteiger partial charge in [-0.05, 0) is 38.5 Å². The summed E-state index contributed by atoms with van der Waals surface area (Å²) in [6.07, 6.45) is 4.78. The molecule has 0 aliphatic carbocycles. The lowest BCUT2D eigenvalue weighted by Crippen LogP contribution is -2.38. The van der Waals surface area contributed by atoms with Crippen LogP contribution in [0.25, 0.3) is 0 Å². The van der Waals surface area contributed by atoms with E-state index in [1.807, 2.05) is 54.2 Å². The monoisotopic (exact) mass is 457 g/mol. The van der Waals surface area contributed by atoms with Gasteiger partial charge in [0.25, 0.3) is 0 Å². The maximum Gasteiger partial charge on any atom is 0.191 e. The van der Waals surface area contributed by atoms with Crippen molar-refractivity contribution in [3.63, 3.8) is 0 Å². The lowest BCUT2D eigenvalue weighted by molar-refractivity contribution is 0.230. The Labute approximate surface area is 167 Å². The molecule has 6 nitrogen and oxygen atoms in total. The van der Waals surface area contributed by atoms with Crippen LogP contribution in [0.15, 0.2) is 53.8 Å². The molecule has 1 aromatic heterocycles. The van der Waals surface area contributed by atoms with Crippen molar-refractivity contribution in [2.75, 3.05) is 19.6 Å². The normalized spacial score (nSPS) is 12.2. The van der Waals surface area contributed by atoms with Crippen molar-refractivity contribution in [2.24, 2.45) is 4.99 Å². The van der Waals surface area contributed by atoms with E-state index in [0.29, 0.717) is 6.54 Å². The first-order valence-electron chi connectivity index (χ1n) is 8.49. The van der Waals surface area contributed by atoms with Crippen LogP contribution in [0.1, 0.15) is 20.3 Å². The van der Waals surface area contributed by atoms with E-state index in [4.69, 9.17) is 4.74 Å². The Hall–Kier alpha value is -1.77. The second kappa shape index (κ2) is 12.6. The zero-order chi connectivity index (χ0) is 17.0. The molecule has 0 saturated carbocycles. The highest BCUT2D eigenvalue weighted by Crippen LogP contribution is 2.10. The van der Waals surface area contributed by atoms with E-state index in [0.717, 1.165) is 37.8 Å². The van der Waals surface area contributed by atoms with Crippen molar-refractivity contribution < 1.29 is 4.74 Å². The topological polar surface area (TPSA) is 63.5 Å². The lowest BCUT2D eigenvalue weighted by Gasteiger charge is -2.15. The highest BCUT2D eigenvalue weighted by molar-refractivity contribution is 14.0. The molecule has 1 heterocycles. The molecule has 2 rings (SSSR count). The van der Waals surface area contributed by atoms with Crippen LogP contribution in [0.5, 0.6) is 5.75 Å². The maximum absolute atomic E-state index is 5.84. The van der Waals surface area contributed by atoms with Crippen molar-refractivity contribution in [2.45, 2.75) is 32.9 Å². The highest BCUT2D eigenvalue weighted by Gasteiger charge is 2.04. The molecule has 2 N–H and O–H groups in total. The van der Waals surface area contributed by atoms with Crippen LogP contribution < -0.4 is 15.4 Å². The summed E-state index contributed by atoms with van der Waals surface area (Å²) in [4.78, 5) is 4.59. The number of aliphatic imine (C=N–C) groups is 1. The third-order valence-electron chi connectivity index (χ3n) is 3.35. The lowest BCUT2D eigenvalue weighted by atomic mass is 10.3. The summed E-state index contributed by atoms with van der Waals surface area (Å²) >= 11 is 0. The van der Waals surface area contributed by atoms with Crippen LogP contribution >= 0.6 is 24.0 Å². The van der Waals surface area contributed by atoms with Gasteiger partial charge in [0.05, 0.1) is 6.54 Å². The molecule has 25 heavy (non-hydrogen) atoms. The first-order valence-corrected chi connectivity index (χ1v) is 8.49. The number of rotatable bonds is 9. The summed E-state index contributed by atoms with van der Waals surface area (Å²) < 4.78 is 7.78. The van der Waals surface area contributed by atoms with Gasteiger partial charge in [-0.1, -0.05) is 18.2 Å². The summed E-state index contributed by atoms with van der Waals surface area (Å²) in [6.45, 7) is 7.26. The molecule has 1 aromatic carbocycles. The van der Waals surface area contributed by atoms with Gasteiger partial charge in [-0.3, -0.25) is 4.68 Å². The number of halogens is 1. The highest BCUT2D eigenvalue weighted by atomic mass is 127. The fourth-order valence-electron chi connectivity index (χ4n) is 2.21. The number of ether oxygens (including phenoxy) is 1. The number of hydrogen-bond donors (Lipinski definition) is 2. The van der Waals surface area contributed by atoms with Crippen LogP contribution in [-0.2, 0) is 6.54 Å². The van der Waals surface area contributed by atoms with Gasteiger partial charge >= 0.3 is 0 Å². The Morgan fingerprint density at radius 1 is 1.24 bits per heavy atom. The molecule has 0 spiro atoms. The van der Waals surface area contributed by atoms with Crippen molar-refractivity contribution in [3.05, 3.63) is 48.8 Å². The van der Waals surface area contributed by atoms with Gasteiger partial charge in [-0.15, -0.1) is 24.0 Å². The smallest absolute Gasteiger partial charge is 0.191 e. The molecule has 0 aliphatic heterocycles. The molecule has 0 bridgehead atoms. The van der Waals surface area contributed by atoms with Gasteiger partial charge in [0.15, 0.2) is 5.96 Å². The molecule has 138 valence electrons. The number of benzene rings is 1. The van der Waals surface area contributed by atoms with E-state index in [9.17, 15) is 0 Å². The van der Waals surface area contributed by atoms with Crippen LogP contribution in [-0.4, -0.2) is 41.5 Å². The van der Waals surface area contributed by atoms with E-state index in [2.05, 4.69) is 27.6 Å². The molecule has 0 radical (unpaired) electrons. The van der Waals surface area contributed by atoms with Gasteiger partial charge in [0.2, 0.25) is 0 Å². The Kier molecular flexibility index (Phi) is 10.7. The summed E-state index contributed by atoms with van der Waals surface area (Å²) in [6, 6.07) is 11.8. The van der Waals surface area contributed by atoms with Crippen LogP contribution in [0.2, 0.25) is 0 Å². The Balaban J connectivity index is 0.00000312. The summed E-state index contributed by atoms with van der Waals surface area (Å²) in [5.41, 5.74) is 0. The van der Waals surface area contributed by atoms with E-state index >= 15 is 0 Å². The Morgan fingerprint density at radius 3 is 2.72 bits per heavy atom. The van der Waals surface area contributed by atoms with E-state index in [1.165, 1.54) is 0 Å². The molecule has 7 heteroatoms. The average molecular weight is 457 g/mol. The van der Waals surface area contributed by atoms with Gasteiger partial charge < -0.3 is 15.4 Å². The number of para-hydroxylation sites is 1. The first kappa shape index (κ1) is 21.3. The SMILES string of the molecule is CCNC(=NCC(C)Oc1ccccc1)NCCCn1cccn1.I. The number of nitrogens with one attached hydrogen (secondary N) is 2. The Bertz CT molecular complexity index is 589. The third kappa shape index (κ3) is 8.76. The number of aryl methyl sites for hydroxylation is 1. The van der Waals surface area contributed by atoms with Gasteiger partial charge in [-0.25, -0.2) is 4.99 Å². The second-order valence-electron chi connectivity index (χ2n) is 5.51. The van der Waals surface area contributed by atoms with Crippen LogP contribution in [0.4, 0.5) is 0 Å². The number of hydrogen-bond acceptors (Lipinski definition) is 3. The van der Waals surface area contributed by atoms with E-state index < -0.39 is 0 Å². The minimum absolute atomic E-state index is 0. The van der Waals surface area contributed by atoms with Gasteiger partial charge in [-0.2, -0.15) is 5.10 Å². The quantitative estimate of drug-likeness (QED) is 0.263. The second-order valence-corrected chi connectivity index (χ2v) is 5.51. The predicted octanol–water partition coefficient (Wildman–Crippen LogP) is 2.91. The van der Waals surface area contributed by atoms with Crippen molar-refractivity contribution in [1.82, 2.24) is 20.4 Å². The zero-order valence-corrected chi connectivity index (χ0v) is 17.2. The summed E-state index contributed by atoms with van der Waals surface area (Å²) in [5, 5.41) is 10.8. The minimum atomic E-state index is 0. The van der Waals surface area contributed by atoms with Crippen LogP contribution in [0.3, 0.4) is 0 Å². The number of aromatic nitrogens is 2. The molecule has 1 unspecified atom stereocenters. The van der Waals surface area contributed by atoms with Gasteiger partial charge in [0.1, 0.15) is 11.9 Å². The standard InChI is InChI=1S/C18H27N5O.HI/c1-3-19-18(20-11-7-13-23-14-8-12-22-23)21-15-16(2)24-17-9-5-4-6-10-17;/h4-6,8-10,12,14,16H,3,7,11,13,15H2,1-2H3,(H2,19,20,21);1H. The van der Waals surface area contributed by atoms with Crippen LogP contribution in [0, 0.1) is 0 Å². The predicted molar refractivity (Wildman–Crippen MR) is 113 cm³/mol.